The second kappa shape index (κ2) is 7.61. The van der Waals surface area contributed by atoms with E-state index in [1.807, 2.05) is 61.5 Å². The van der Waals surface area contributed by atoms with Crippen LogP contribution in [0.15, 0.2) is 54.6 Å². The Morgan fingerprint density at radius 3 is 2.52 bits per heavy atom. The molecule has 3 N–H and O–H groups in total. The Bertz CT molecular complexity index is 840. The highest BCUT2D eigenvalue weighted by Crippen LogP contribution is 2.15. The molecule has 1 atom stereocenters. The van der Waals surface area contributed by atoms with E-state index in [0.717, 1.165) is 16.6 Å². The SMILES string of the molecule is C[C@H](NC(=O)CNC(=O)Cc1ccccc1)c1nc2ccccc2[nH]1. The van der Waals surface area contributed by atoms with Crippen molar-refractivity contribution >= 4 is 22.8 Å². The topological polar surface area (TPSA) is 86.9 Å². The van der Waals surface area contributed by atoms with Crippen LogP contribution in [0.3, 0.4) is 0 Å². The first kappa shape index (κ1) is 16.7. The number of benzene rings is 2. The number of amides is 2. The van der Waals surface area contributed by atoms with Gasteiger partial charge in [-0.05, 0) is 24.6 Å². The first-order chi connectivity index (χ1) is 12.1. The van der Waals surface area contributed by atoms with Gasteiger partial charge in [-0.2, -0.15) is 0 Å². The van der Waals surface area contributed by atoms with Gasteiger partial charge in [-0.25, -0.2) is 4.98 Å². The predicted octanol–water partition coefficient (Wildman–Crippen LogP) is 2.10. The van der Waals surface area contributed by atoms with Crippen LogP contribution < -0.4 is 10.6 Å². The lowest BCUT2D eigenvalue weighted by molar-refractivity contribution is -0.126. The van der Waals surface area contributed by atoms with Gasteiger partial charge >= 0.3 is 0 Å². The highest BCUT2D eigenvalue weighted by Gasteiger charge is 2.14. The summed E-state index contributed by atoms with van der Waals surface area (Å²) in [7, 11) is 0. The summed E-state index contributed by atoms with van der Waals surface area (Å²) in [4.78, 5) is 31.6. The molecule has 0 spiro atoms. The number of fused-ring (bicyclic) bond motifs is 1. The first-order valence-electron chi connectivity index (χ1n) is 8.16. The minimum atomic E-state index is -0.272. The summed E-state index contributed by atoms with van der Waals surface area (Å²) in [6.07, 6.45) is 0.257. The third kappa shape index (κ3) is 4.44. The standard InChI is InChI=1S/C19H20N4O2/c1-13(19-22-15-9-5-6-10-16(15)23-19)21-18(25)12-20-17(24)11-14-7-3-2-4-8-14/h2-10,13H,11-12H2,1H3,(H,20,24)(H,21,25)(H,22,23)/t13-/m0/s1. The van der Waals surface area contributed by atoms with Gasteiger partial charge in [-0.1, -0.05) is 42.5 Å². The van der Waals surface area contributed by atoms with Gasteiger partial charge in [0.1, 0.15) is 5.82 Å². The van der Waals surface area contributed by atoms with Crippen molar-refractivity contribution in [3.8, 4) is 0 Å². The molecule has 128 valence electrons. The smallest absolute Gasteiger partial charge is 0.239 e. The fraction of sp³-hybridized carbons (Fsp3) is 0.211. The average Bonchev–Trinajstić information content (AvgIpc) is 3.05. The van der Waals surface area contributed by atoms with Crippen LogP contribution in [0.5, 0.6) is 0 Å². The minimum absolute atomic E-state index is 0.0593. The number of aromatic amines is 1. The van der Waals surface area contributed by atoms with E-state index in [-0.39, 0.29) is 30.8 Å². The van der Waals surface area contributed by atoms with Gasteiger partial charge in [0.05, 0.1) is 30.0 Å². The maximum atomic E-state index is 12.0. The number of carbonyl (C=O) groups is 2. The van der Waals surface area contributed by atoms with Gasteiger partial charge in [0, 0.05) is 0 Å². The third-order valence-electron chi connectivity index (χ3n) is 3.85. The van der Waals surface area contributed by atoms with Crippen LogP contribution in [0.25, 0.3) is 11.0 Å². The van der Waals surface area contributed by atoms with Gasteiger partial charge < -0.3 is 15.6 Å². The lowest BCUT2D eigenvalue weighted by Gasteiger charge is -2.12. The number of imidazole rings is 1. The molecule has 0 aliphatic heterocycles. The Morgan fingerprint density at radius 2 is 1.76 bits per heavy atom. The second-order valence-corrected chi connectivity index (χ2v) is 5.87. The quantitative estimate of drug-likeness (QED) is 0.644. The molecule has 0 unspecified atom stereocenters. The highest BCUT2D eigenvalue weighted by atomic mass is 16.2. The molecule has 0 aliphatic carbocycles. The molecule has 2 amide bonds. The van der Waals surface area contributed by atoms with Gasteiger partial charge in [-0.15, -0.1) is 0 Å². The number of rotatable bonds is 6. The fourth-order valence-electron chi connectivity index (χ4n) is 2.56. The van der Waals surface area contributed by atoms with Crippen molar-refractivity contribution in [2.24, 2.45) is 0 Å². The van der Waals surface area contributed by atoms with E-state index in [9.17, 15) is 9.59 Å². The Kier molecular flexibility index (Phi) is 5.09. The zero-order valence-corrected chi connectivity index (χ0v) is 14.0. The largest absolute Gasteiger partial charge is 0.347 e. The number of carbonyl (C=O) groups excluding carboxylic acids is 2. The van der Waals surface area contributed by atoms with Crippen molar-refractivity contribution in [2.45, 2.75) is 19.4 Å². The molecule has 6 heteroatoms. The van der Waals surface area contributed by atoms with E-state index in [1.54, 1.807) is 0 Å². The van der Waals surface area contributed by atoms with Crippen molar-refractivity contribution in [2.75, 3.05) is 6.54 Å². The van der Waals surface area contributed by atoms with E-state index in [4.69, 9.17) is 0 Å². The Balaban J connectivity index is 1.49. The molecule has 1 heterocycles. The number of para-hydroxylation sites is 2. The fourth-order valence-corrected chi connectivity index (χ4v) is 2.56. The number of hydrogen-bond donors (Lipinski definition) is 3. The van der Waals surface area contributed by atoms with Crippen LogP contribution in [-0.2, 0) is 16.0 Å². The molecule has 3 rings (SSSR count). The zero-order chi connectivity index (χ0) is 17.6. The summed E-state index contributed by atoms with van der Waals surface area (Å²) in [6.45, 7) is 1.79. The minimum Gasteiger partial charge on any atom is -0.347 e. The predicted molar refractivity (Wildman–Crippen MR) is 95.8 cm³/mol. The summed E-state index contributed by atoms with van der Waals surface area (Å²) < 4.78 is 0. The van der Waals surface area contributed by atoms with Crippen LogP contribution in [-0.4, -0.2) is 28.3 Å². The third-order valence-corrected chi connectivity index (χ3v) is 3.85. The molecule has 0 saturated heterocycles. The number of aromatic nitrogens is 2. The molecular formula is C19H20N4O2. The summed E-state index contributed by atoms with van der Waals surface area (Å²) in [5, 5.41) is 5.46. The van der Waals surface area contributed by atoms with Gasteiger partial charge in [-0.3, -0.25) is 9.59 Å². The maximum Gasteiger partial charge on any atom is 0.239 e. The van der Waals surface area contributed by atoms with Crippen molar-refractivity contribution in [1.82, 2.24) is 20.6 Å². The summed E-state index contributed by atoms with van der Waals surface area (Å²) >= 11 is 0. The molecule has 1 aromatic heterocycles. The number of hydrogen-bond acceptors (Lipinski definition) is 3. The Morgan fingerprint density at radius 1 is 1.04 bits per heavy atom. The van der Waals surface area contributed by atoms with E-state index in [0.29, 0.717) is 5.82 Å². The monoisotopic (exact) mass is 336 g/mol. The summed E-state index contributed by atoms with van der Waals surface area (Å²) in [5.74, 6) is 0.247. The Labute approximate surface area is 145 Å². The van der Waals surface area contributed by atoms with Gasteiger partial charge in [0.25, 0.3) is 0 Å². The molecule has 25 heavy (non-hydrogen) atoms. The maximum absolute atomic E-state index is 12.0. The van der Waals surface area contributed by atoms with Gasteiger partial charge in [0.2, 0.25) is 11.8 Å². The molecule has 0 fully saturated rings. The Hall–Kier alpha value is -3.15. The number of H-pyrrole nitrogens is 1. The molecule has 0 aliphatic rings. The molecule has 6 nitrogen and oxygen atoms in total. The number of nitrogens with one attached hydrogen (secondary N) is 3. The van der Waals surface area contributed by atoms with Crippen LogP contribution in [0.2, 0.25) is 0 Å². The van der Waals surface area contributed by atoms with Crippen molar-refractivity contribution < 1.29 is 9.59 Å². The van der Waals surface area contributed by atoms with E-state index in [2.05, 4.69) is 20.6 Å². The van der Waals surface area contributed by atoms with Crippen LogP contribution in [0.1, 0.15) is 24.4 Å². The first-order valence-corrected chi connectivity index (χ1v) is 8.16. The van der Waals surface area contributed by atoms with Crippen LogP contribution >= 0.6 is 0 Å². The molecule has 0 bridgehead atoms. The van der Waals surface area contributed by atoms with Crippen molar-refractivity contribution in [1.29, 1.82) is 0 Å². The zero-order valence-electron chi connectivity index (χ0n) is 14.0. The van der Waals surface area contributed by atoms with E-state index >= 15 is 0 Å². The van der Waals surface area contributed by atoms with Crippen LogP contribution in [0, 0.1) is 0 Å². The number of nitrogens with zero attached hydrogens (tertiary/aromatic N) is 1. The van der Waals surface area contributed by atoms with Crippen LogP contribution in [0.4, 0.5) is 0 Å². The normalized spacial score (nSPS) is 11.9. The highest BCUT2D eigenvalue weighted by molar-refractivity contribution is 5.86. The molecule has 2 aromatic carbocycles. The lowest BCUT2D eigenvalue weighted by atomic mass is 10.1. The summed E-state index contributed by atoms with van der Waals surface area (Å²) in [6, 6.07) is 16.8. The summed E-state index contributed by atoms with van der Waals surface area (Å²) in [5.41, 5.74) is 2.69. The second-order valence-electron chi connectivity index (χ2n) is 5.87. The molecular weight excluding hydrogens is 316 g/mol. The van der Waals surface area contributed by atoms with E-state index < -0.39 is 0 Å². The van der Waals surface area contributed by atoms with Crippen molar-refractivity contribution in [3.05, 3.63) is 66.0 Å². The molecule has 0 radical (unpaired) electrons. The molecule has 3 aromatic rings. The lowest BCUT2D eigenvalue weighted by Crippen LogP contribution is -2.38. The average molecular weight is 336 g/mol. The van der Waals surface area contributed by atoms with Crippen molar-refractivity contribution in [3.63, 3.8) is 0 Å². The van der Waals surface area contributed by atoms with E-state index in [1.165, 1.54) is 0 Å². The molecule has 0 saturated carbocycles. The van der Waals surface area contributed by atoms with Gasteiger partial charge in [0.15, 0.2) is 0 Å².